The lowest BCUT2D eigenvalue weighted by molar-refractivity contribution is 0.0986. The highest BCUT2D eigenvalue weighted by atomic mass is 79.9. The van der Waals surface area contributed by atoms with Crippen molar-refractivity contribution >= 4 is 21.6 Å². The maximum Gasteiger partial charge on any atom is 0.186 e. The van der Waals surface area contributed by atoms with Gasteiger partial charge in [-0.15, -0.1) is 0 Å². The molecule has 92 valence electrons. The summed E-state index contributed by atoms with van der Waals surface area (Å²) in [4.78, 5) is 1.56. The van der Waals surface area contributed by atoms with E-state index in [-0.39, 0.29) is 22.3 Å². The number of morpholine rings is 1. The summed E-state index contributed by atoms with van der Waals surface area (Å²) in [7, 11) is 0. The molecule has 2 aliphatic heterocycles. The molecular formula is C11H9BrF3NO. The number of hydrogen-bond donors (Lipinski definition) is 0. The van der Waals surface area contributed by atoms with E-state index in [1.807, 2.05) is 0 Å². The van der Waals surface area contributed by atoms with Crippen LogP contribution in [-0.4, -0.2) is 25.3 Å². The minimum Gasteiger partial charge on any atom is -0.374 e. The SMILES string of the molecule is Fc1cc(Br)c(F)c(F)c1N1C[C@@H]2C[C@H]1CO2. The van der Waals surface area contributed by atoms with Crippen LogP contribution in [0.15, 0.2) is 10.5 Å². The maximum absolute atomic E-state index is 13.8. The van der Waals surface area contributed by atoms with Crippen LogP contribution in [0.1, 0.15) is 6.42 Å². The molecule has 0 aromatic heterocycles. The van der Waals surface area contributed by atoms with Crippen molar-refractivity contribution in [2.24, 2.45) is 0 Å². The fourth-order valence-corrected chi connectivity index (χ4v) is 2.87. The van der Waals surface area contributed by atoms with E-state index in [0.29, 0.717) is 13.2 Å². The summed E-state index contributed by atoms with van der Waals surface area (Å²) in [5.41, 5.74) is -0.276. The van der Waals surface area contributed by atoms with E-state index < -0.39 is 17.5 Å². The Morgan fingerprint density at radius 3 is 2.65 bits per heavy atom. The van der Waals surface area contributed by atoms with Gasteiger partial charge in [-0.05, 0) is 28.4 Å². The summed E-state index contributed by atoms with van der Waals surface area (Å²) >= 11 is 2.78. The predicted molar refractivity (Wildman–Crippen MR) is 59.5 cm³/mol. The van der Waals surface area contributed by atoms with Crippen LogP contribution in [0.5, 0.6) is 0 Å². The zero-order valence-corrected chi connectivity index (χ0v) is 10.3. The van der Waals surface area contributed by atoms with E-state index in [1.165, 1.54) is 0 Å². The fourth-order valence-electron chi connectivity index (χ4n) is 2.49. The molecule has 2 saturated heterocycles. The Morgan fingerprint density at radius 1 is 1.29 bits per heavy atom. The van der Waals surface area contributed by atoms with Crippen molar-refractivity contribution in [3.63, 3.8) is 0 Å². The van der Waals surface area contributed by atoms with Gasteiger partial charge in [0.2, 0.25) is 0 Å². The zero-order chi connectivity index (χ0) is 12.2. The molecule has 1 aromatic carbocycles. The van der Waals surface area contributed by atoms with Gasteiger partial charge < -0.3 is 9.64 Å². The predicted octanol–water partition coefficient (Wildman–Crippen LogP) is 2.84. The van der Waals surface area contributed by atoms with Crippen LogP contribution in [0.2, 0.25) is 0 Å². The van der Waals surface area contributed by atoms with Gasteiger partial charge >= 0.3 is 0 Å². The van der Waals surface area contributed by atoms with Crippen molar-refractivity contribution in [3.05, 3.63) is 28.0 Å². The molecule has 0 amide bonds. The maximum atomic E-state index is 13.8. The minimum absolute atomic E-state index is 0.00510. The molecular weight excluding hydrogens is 299 g/mol. The Hall–Kier alpha value is -0.750. The van der Waals surface area contributed by atoms with E-state index in [0.717, 1.165) is 12.5 Å². The normalized spacial score (nSPS) is 26.9. The van der Waals surface area contributed by atoms with Crippen LogP contribution in [-0.2, 0) is 4.74 Å². The van der Waals surface area contributed by atoms with Crippen molar-refractivity contribution in [1.29, 1.82) is 0 Å². The number of anilines is 1. The van der Waals surface area contributed by atoms with Gasteiger partial charge in [-0.25, -0.2) is 13.2 Å². The molecule has 0 N–H and O–H groups in total. The molecule has 0 spiro atoms. The second-order valence-corrected chi connectivity index (χ2v) is 5.17. The van der Waals surface area contributed by atoms with Gasteiger partial charge in [0.15, 0.2) is 17.5 Å². The van der Waals surface area contributed by atoms with E-state index in [4.69, 9.17) is 4.74 Å². The first-order valence-electron chi connectivity index (χ1n) is 5.29. The number of hydrogen-bond acceptors (Lipinski definition) is 2. The molecule has 2 fully saturated rings. The monoisotopic (exact) mass is 307 g/mol. The molecule has 17 heavy (non-hydrogen) atoms. The molecule has 0 radical (unpaired) electrons. The highest BCUT2D eigenvalue weighted by Crippen LogP contribution is 2.37. The number of benzene rings is 1. The van der Waals surface area contributed by atoms with Gasteiger partial charge in [-0.1, -0.05) is 0 Å². The van der Waals surface area contributed by atoms with Crippen molar-refractivity contribution in [1.82, 2.24) is 0 Å². The largest absolute Gasteiger partial charge is 0.374 e. The first-order chi connectivity index (χ1) is 8.08. The standard InChI is InChI=1S/C11H9BrF3NO/c12-7-2-8(13)11(10(15)9(7)14)16-3-6-1-5(16)4-17-6/h2,5-6H,1,3-4H2/t5-,6-/m0/s1. The number of halogens is 4. The van der Waals surface area contributed by atoms with Gasteiger partial charge in [0.05, 0.1) is 23.2 Å². The topological polar surface area (TPSA) is 12.5 Å². The number of ether oxygens (including phenoxy) is 1. The molecule has 2 atom stereocenters. The Morgan fingerprint density at radius 2 is 2.06 bits per heavy atom. The molecule has 0 aliphatic carbocycles. The lowest BCUT2D eigenvalue weighted by Gasteiger charge is -2.29. The Kier molecular flexibility index (Phi) is 2.59. The van der Waals surface area contributed by atoms with E-state index in [9.17, 15) is 13.2 Å². The second-order valence-electron chi connectivity index (χ2n) is 4.31. The molecule has 2 bridgehead atoms. The molecule has 0 saturated carbocycles. The lowest BCUT2D eigenvalue weighted by atomic mass is 10.2. The smallest absolute Gasteiger partial charge is 0.186 e. The summed E-state index contributed by atoms with van der Waals surface area (Å²) in [6, 6.07) is 0.908. The van der Waals surface area contributed by atoms with Crippen LogP contribution in [0.25, 0.3) is 0 Å². The van der Waals surface area contributed by atoms with Crippen molar-refractivity contribution < 1.29 is 17.9 Å². The van der Waals surface area contributed by atoms with Gasteiger partial charge in [0, 0.05) is 6.54 Å². The van der Waals surface area contributed by atoms with E-state index >= 15 is 0 Å². The summed E-state index contributed by atoms with van der Waals surface area (Å²) in [5, 5.41) is 0. The van der Waals surface area contributed by atoms with Crippen LogP contribution in [0, 0.1) is 17.5 Å². The fraction of sp³-hybridized carbons (Fsp3) is 0.455. The van der Waals surface area contributed by atoms with Gasteiger partial charge in [-0.2, -0.15) is 0 Å². The molecule has 6 heteroatoms. The molecule has 2 nitrogen and oxygen atoms in total. The third-order valence-electron chi connectivity index (χ3n) is 3.28. The summed E-state index contributed by atoms with van der Waals surface area (Å²) in [6.07, 6.45) is 0.752. The second kappa shape index (κ2) is 3.88. The van der Waals surface area contributed by atoms with Crippen molar-refractivity contribution in [2.45, 2.75) is 18.6 Å². The first kappa shape index (κ1) is 11.3. The van der Waals surface area contributed by atoms with Gasteiger partial charge in [0.1, 0.15) is 5.69 Å². The van der Waals surface area contributed by atoms with E-state index in [2.05, 4.69) is 15.9 Å². The molecule has 0 unspecified atom stereocenters. The molecule has 3 rings (SSSR count). The van der Waals surface area contributed by atoms with Gasteiger partial charge in [0.25, 0.3) is 0 Å². The van der Waals surface area contributed by atoms with Crippen molar-refractivity contribution in [2.75, 3.05) is 18.1 Å². The highest BCUT2D eigenvalue weighted by molar-refractivity contribution is 9.10. The van der Waals surface area contributed by atoms with Crippen LogP contribution >= 0.6 is 15.9 Å². The van der Waals surface area contributed by atoms with Crippen molar-refractivity contribution in [3.8, 4) is 0 Å². The van der Waals surface area contributed by atoms with E-state index in [1.54, 1.807) is 4.90 Å². The summed E-state index contributed by atoms with van der Waals surface area (Å²) in [6.45, 7) is 0.862. The molecule has 1 aromatic rings. The Balaban J connectivity index is 2.06. The number of fused-ring (bicyclic) bond motifs is 2. The average Bonchev–Trinajstić information content (AvgIpc) is 2.88. The quantitative estimate of drug-likeness (QED) is 0.584. The number of rotatable bonds is 1. The van der Waals surface area contributed by atoms with Crippen LogP contribution in [0.4, 0.5) is 18.9 Å². The van der Waals surface area contributed by atoms with Crippen LogP contribution < -0.4 is 4.90 Å². The third kappa shape index (κ3) is 1.65. The van der Waals surface area contributed by atoms with Crippen LogP contribution in [0.3, 0.4) is 0 Å². The first-order valence-corrected chi connectivity index (χ1v) is 6.08. The minimum atomic E-state index is -1.13. The molecule has 2 heterocycles. The Labute approximate surface area is 104 Å². The number of nitrogens with zero attached hydrogens (tertiary/aromatic N) is 1. The highest BCUT2D eigenvalue weighted by Gasteiger charge is 2.41. The third-order valence-corrected chi connectivity index (χ3v) is 3.85. The van der Waals surface area contributed by atoms with Gasteiger partial charge in [-0.3, -0.25) is 0 Å². The zero-order valence-electron chi connectivity index (χ0n) is 8.72. The average molecular weight is 308 g/mol. The summed E-state index contributed by atoms with van der Waals surface area (Å²) < 4.78 is 46.1. The summed E-state index contributed by atoms with van der Waals surface area (Å²) in [5.74, 6) is -2.93. The Bertz CT molecular complexity index is 482. The molecule has 2 aliphatic rings. The lowest BCUT2D eigenvalue weighted by Crippen LogP contribution is -2.38.